The third kappa shape index (κ3) is 2.86. The first-order valence-corrected chi connectivity index (χ1v) is 6.00. The van der Waals surface area contributed by atoms with Crippen LogP contribution >= 0.6 is 0 Å². The van der Waals surface area contributed by atoms with E-state index in [-0.39, 0.29) is 18.6 Å². The smallest absolute Gasteiger partial charge is 0.255 e. The van der Waals surface area contributed by atoms with E-state index in [1.165, 1.54) is 0 Å². The van der Waals surface area contributed by atoms with Gasteiger partial charge >= 0.3 is 0 Å². The summed E-state index contributed by atoms with van der Waals surface area (Å²) in [6, 6.07) is 3.48. The lowest BCUT2D eigenvalue weighted by atomic mass is 10.0. The van der Waals surface area contributed by atoms with Crippen molar-refractivity contribution in [1.29, 1.82) is 0 Å². The van der Waals surface area contributed by atoms with Crippen molar-refractivity contribution < 1.29 is 14.6 Å². The lowest BCUT2D eigenvalue weighted by Crippen LogP contribution is -2.55. The van der Waals surface area contributed by atoms with Gasteiger partial charge in [-0.1, -0.05) is 0 Å². The summed E-state index contributed by atoms with van der Waals surface area (Å²) >= 11 is 0. The number of carbonyl (C=O) groups is 1. The van der Waals surface area contributed by atoms with Crippen LogP contribution in [0.3, 0.4) is 0 Å². The van der Waals surface area contributed by atoms with Crippen LogP contribution in [0.5, 0.6) is 0 Å². The third-order valence-electron chi connectivity index (χ3n) is 2.88. The van der Waals surface area contributed by atoms with Crippen LogP contribution in [-0.4, -0.2) is 52.3 Å². The number of carbonyl (C=O) groups excluding carboxylic acids is 1. The molecule has 1 fully saturated rings. The summed E-state index contributed by atoms with van der Waals surface area (Å²) in [5.41, 5.74) is 0.121. The van der Waals surface area contributed by atoms with Gasteiger partial charge in [-0.3, -0.25) is 9.78 Å². The number of rotatable bonds is 2. The van der Waals surface area contributed by atoms with Crippen LogP contribution < -0.4 is 0 Å². The number of aliphatic hydroxyl groups excluding tert-OH is 1. The molecule has 1 atom stereocenters. The SMILES string of the molecule is CC1(C)CN(C(=O)c2cccnc2)CC(CO)O1. The molecule has 1 saturated heterocycles. The van der Waals surface area contributed by atoms with Crippen LogP contribution in [0.15, 0.2) is 24.5 Å². The third-order valence-corrected chi connectivity index (χ3v) is 2.88. The van der Waals surface area contributed by atoms with E-state index in [9.17, 15) is 9.90 Å². The Morgan fingerprint density at radius 2 is 2.44 bits per heavy atom. The molecule has 5 nitrogen and oxygen atoms in total. The van der Waals surface area contributed by atoms with Gasteiger partial charge in [0.25, 0.3) is 5.91 Å². The van der Waals surface area contributed by atoms with Gasteiger partial charge < -0.3 is 14.7 Å². The van der Waals surface area contributed by atoms with Gasteiger partial charge in [0.2, 0.25) is 0 Å². The molecular formula is C13H18N2O3. The molecule has 1 aliphatic heterocycles. The monoisotopic (exact) mass is 250 g/mol. The summed E-state index contributed by atoms with van der Waals surface area (Å²) in [7, 11) is 0. The number of morpholine rings is 1. The largest absolute Gasteiger partial charge is 0.394 e. The summed E-state index contributed by atoms with van der Waals surface area (Å²) in [6.45, 7) is 4.67. The van der Waals surface area contributed by atoms with E-state index in [1.807, 2.05) is 13.8 Å². The zero-order chi connectivity index (χ0) is 13.2. The van der Waals surface area contributed by atoms with Gasteiger partial charge in [-0.25, -0.2) is 0 Å². The predicted octanol–water partition coefficient (Wildman–Crippen LogP) is 0.694. The van der Waals surface area contributed by atoms with E-state index >= 15 is 0 Å². The number of hydrogen-bond donors (Lipinski definition) is 1. The topological polar surface area (TPSA) is 62.7 Å². The fourth-order valence-electron chi connectivity index (χ4n) is 2.22. The first kappa shape index (κ1) is 13.0. The normalized spacial score (nSPS) is 22.8. The average molecular weight is 250 g/mol. The maximum Gasteiger partial charge on any atom is 0.255 e. The number of amides is 1. The fourth-order valence-corrected chi connectivity index (χ4v) is 2.22. The van der Waals surface area contributed by atoms with E-state index in [1.54, 1.807) is 29.4 Å². The summed E-state index contributed by atoms with van der Waals surface area (Å²) in [5.74, 6) is -0.0714. The summed E-state index contributed by atoms with van der Waals surface area (Å²) < 4.78 is 5.68. The zero-order valence-electron chi connectivity index (χ0n) is 10.7. The Balaban J connectivity index is 2.15. The number of nitrogens with zero attached hydrogens (tertiary/aromatic N) is 2. The molecule has 98 valence electrons. The first-order valence-electron chi connectivity index (χ1n) is 6.00. The van der Waals surface area contributed by atoms with Crippen LogP contribution in [0.25, 0.3) is 0 Å². The van der Waals surface area contributed by atoms with Crippen molar-refractivity contribution in [3.05, 3.63) is 30.1 Å². The summed E-state index contributed by atoms with van der Waals surface area (Å²) in [5, 5.41) is 9.22. The first-order chi connectivity index (χ1) is 8.52. The molecule has 18 heavy (non-hydrogen) atoms. The molecule has 1 N–H and O–H groups in total. The Kier molecular flexibility index (Phi) is 3.63. The Bertz CT molecular complexity index is 420. The summed E-state index contributed by atoms with van der Waals surface area (Å²) in [6.07, 6.45) is 2.87. The lowest BCUT2D eigenvalue weighted by molar-refractivity contribution is -0.139. The molecule has 2 rings (SSSR count). The van der Waals surface area contributed by atoms with Crippen molar-refractivity contribution in [2.45, 2.75) is 25.6 Å². The minimum absolute atomic E-state index is 0.0714. The van der Waals surface area contributed by atoms with Crippen LogP contribution in [-0.2, 0) is 4.74 Å². The highest BCUT2D eigenvalue weighted by Gasteiger charge is 2.35. The molecule has 1 aliphatic rings. The molecule has 0 saturated carbocycles. The summed E-state index contributed by atoms with van der Waals surface area (Å²) in [4.78, 5) is 18.0. The van der Waals surface area contributed by atoms with Crippen molar-refractivity contribution in [2.24, 2.45) is 0 Å². The molecule has 0 bridgehead atoms. The molecule has 0 aliphatic carbocycles. The van der Waals surface area contributed by atoms with Crippen LogP contribution in [0.1, 0.15) is 24.2 Å². The fraction of sp³-hybridized carbons (Fsp3) is 0.538. The highest BCUT2D eigenvalue weighted by atomic mass is 16.5. The zero-order valence-corrected chi connectivity index (χ0v) is 10.7. The van der Waals surface area contributed by atoms with Gasteiger partial charge in [0, 0.05) is 25.5 Å². The molecule has 2 heterocycles. The minimum atomic E-state index is -0.441. The van der Waals surface area contributed by atoms with E-state index in [2.05, 4.69) is 4.98 Å². The molecule has 1 unspecified atom stereocenters. The van der Waals surface area contributed by atoms with Gasteiger partial charge in [-0.15, -0.1) is 0 Å². The Hall–Kier alpha value is -1.46. The second kappa shape index (κ2) is 5.04. The Morgan fingerprint density at radius 1 is 1.67 bits per heavy atom. The van der Waals surface area contributed by atoms with Gasteiger partial charge in [0.15, 0.2) is 0 Å². The molecular weight excluding hydrogens is 232 g/mol. The van der Waals surface area contributed by atoms with E-state index < -0.39 is 5.60 Å². The second-order valence-electron chi connectivity index (χ2n) is 5.11. The van der Waals surface area contributed by atoms with E-state index in [0.29, 0.717) is 18.7 Å². The molecule has 1 aromatic heterocycles. The predicted molar refractivity (Wildman–Crippen MR) is 66.2 cm³/mol. The van der Waals surface area contributed by atoms with Gasteiger partial charge in [-0.05, 0) is 26.0 Å². The standard InChI is InChI=1S/C13H18N2O3/c1-13(2)9-15(7-11(8-16)18-13)12(17)10-4-3-5-14-6-10/h3-6,11,16H,7-9H2,1-2H3. The second-order valence-corrected chi connectivity index (χ2v) is 5.11. The van der Waals surface area contributed by atoms with Gasteiger partial charge in [-0.2, -0.15) is 0 Å². The molecule has 1 amide bonds. The Labute approximate surface area is 106 Å². The number of pyridine rings is 1. The highest BCUT2D eigenvalue weighted by Crippen LogP contribution is 2.22. The molecule has 1 aromatic rings. The number of aliphatic hydroxyl groups is 1. The minimum Gasteiger partial charge on any atom is -0.394 e. The van der Waals surface area contributed by atoms with Crippen molar-refractivity contribution in [3.8, 4) is 0 Å². The quantitative estimate of drug-likeness (QED) is 0.839. The average Bonchev–Trinajstić information content (AvgIpc) is 2.37. The molecule has 0 spiro atoms. The van der Waals surface area contributed by atoms with Gasteiger partial charge in [0.1, 0.15) is 0 Å². The van der Waals surface area contributed by atoms with Crippen molar-refractivity contribution >= 4 is 5.91 Å². The van der Waals surface area contributed by atoms with E-state index in [4.69, 9.17) is 4.74 Å². The van der Waals surface area contributed by atoms with Crippen LogP contribution in [0.4, 0.5) is 0 Å². The van der Waals surface area contributed by atoms with E-state index in [0.717, 1.165) is 0 Å². The van der Waals surface area contributed by atoms with Crippen molar-refractivity contribution in [2.75, 3.05) is 19.7 Å². The van der Waals surface area contributed by atoms with Crippen molar-refractivity contribution in [1.82, 2.24) is 9.88 Å². The molecule has 0 radical (unpaired) electrons. The van der Waals surface area contributed by atoms with Crippen LogP contribution in [0.2, 0.25) is 0 Å². The van der Waals surface area contributed by atoms with Crippen LogP contribution in [0, 0.1) is 0 Å². The number of aromatic nitrogens is 1. The number of ether oxygens (including phenoxy) is 1. The molecule has 5 heteroatoms. The van der Waals surface area contributed by atoms with Gasteiger partial charge in [0.05, 0.1) is 23.9 Å². The maximum absolute atomic E-state index is 12.3. The van der Waals surface area contributed by atoms with Crippen molar-refractivity contribution in [3.63, 3.8) is 0 Å². The molecule has 0 aromatic carbocycles. The maximum atomic E-state index is 12.3. The highest BCUT2D eigenvalue weighted by molar-refractivity contribution is 5.94. The lowest BCUT2D eigenvalue weighted by Gasteiger charge is -2.42. The number of hydrogen-bond acceptors (Lipinski definition) is 4. The Morgan fingerprint density at radius 3 is 3.06 bits per heavy atom.